The van der Waals surface area contributed by atoms with Crippen LogP contribution in [0.25, 0.3) is 0 Å². The van der Waals surface area contributed by atoms with Crippen molar-refractivity contribution in [1.29, 1.82) is 0 Å². The lowest BCUT2D eigenvalue weighted by Crippen LogP contribution is -2.48. The summed E-state index contributed by atoms with van der Waals surface area (Å²) in [7, 11) is -7.63. The number of rotatable bonds is 5. The van der Waals surface area contributed by atoms with Gasteiger partial charge < -0.3 is 4.74 Å². The van der Waals surface area contributed by atoms with Crippen LogP contribution in [0.15, 0.2) is 32.5 Å². The molecule has 25 heavy (non-hydrogen) atoms. The summed E-state index contributed by atoms with van der Waals surface area (Å²) in [6.07, 6.45) is 2.73. The van der Waals surface area contributed by atoms with Crippen LogP contribution >= 0.6 is 15.9 Å². The monoisotopic (exact) mass is 453 g/mol. The predicted octanol–water partition coefficient (Wildman–Crippen LogP) is 1.96. The van der Waals surface area contributed by atoms with E-state index in [-0.39, 0.29) is 27.4 Å². The zero-order valence-corrected chi connectivity index (χ0v) is 17.2. The lowest BCUT2D eigenvalue weighted by molar-refractivity contribution is -0.148. The molecule has 1 unspecified atom stereocenters. The summed E-state index contributed by atoms with van der Waals surface area (Å²) in [6.45, 7) is 2.00. The average molecular weight is 454 g/mol. The van der Waals surface area contributed by atoms with E-state index in [2.05, 4.69) is 15.9 Å². The van der Waals surface area contributed by atoms with E-state index in [1.807, 2.05) is 0 Å². The molecule has 1 saturated heterocycles. The van der Waals surface area contributed by atoms with Crippen molar-refractivity contribution >= 4 is 41.8 Å². The molecule has 0 radical (unpaired) electrons. The first-order valence-electron chi connectivity index (χ1n) is 7.77. The van der Waals surface area contributed by atoms with Crippen LogP contribution in [0.4, 0.5) is 0 Å². The van der Waals surface area contributed by atoms with Gasteiger partial charge in [0.05, 0.1) is 16.4 Å². The second-order valence-corrected chi connectivity index (χ2v) is 10.5. The predicted molar refractivity (Wildman–Crippen MR) is 95.4 cm³/mol. The number of carbonyl (C=O) groups excluding carboxylic acids is 1. The van der Waals surface area contributed by atoms with Crippen molar-refractivity contribution in [3.63, 3.8) is 0 Å². The molecular weight excluding hydrogens is 434 g/mol. The van der Waals surface area contributed by atoms with Crippen LogP contribution in [-0.2, 0) is 29.4 Å². The maximum atomic E-state index is 13.1. The number of benzene rings is 1. The largest absolute Gasteiger partial charge is 0.465 e. The van der Waals surface area contributed by atoms with Crippen LogP contribution in [0.1, 0.15) is 26.2 Å². The summed E-state index contributed by atoms with van der Waals surface area (Å²) in [6, 6.07) is 2.93. The summed E-state index contributed by atoms with van der Waals surface area (Å²) in [4.78, 5) is 11.9. The third kappa shape index (κ3) is 4.42. The van der Waals surface area contributed by atoms with E-state index in [0.717, 1.165) is 23.0 Å². The molecule has 0 spiro atoms. The highest BCUT2D eigenvalue weighted by atomic mass is 79.9. The molecule has 1 aliphatic heterocycles. The molecule has 0 saturated carbocycles. The van der Waals surface area contributed by atoms with E-state index in [4.69, 9.17) is 4.74 Å². The molecule has 0 aromatic heterocycles. The van der Waals surface area contributed by atoms with Gasteiger partial charge in [0.25, 0.3) is 0 Å². The summed E-state index contributed by atoms with van der Waals surface area (Å²) in [5, 5.41) is 0. The van der Waals surface area contributed by atoms with E-state index >= 15 is 0 Å². The number of piperidine rings is 1. The third-order valence-electron chi connectivity index (χ3n) is 3.93. The number of halogens is 1. The topological polar surface area (TPSA) is 97.8 Å². The zero-order chi connectivity index (χ0) is 18.8. The van der Waals surface area contributed by atoms with Gasteiger partial charge in [0.1, 0.15) is 6.04 Å². The van der Waals surface area contributed by atoms with Crippen LogP contribution < -0.4 is 0 Å². The van der Waals surface area contributed by atoms with Crippen LogP contribution in [0, 0.1) is 0 Å². The standard InChI is InChI=1S/C15H20BrNO6S2/c1-3-23-15(18)13-6-4-5-9-17(13)25(21,22)14-10-11(24(2,19)20)7-8-12(14)16/h7-8,10,13H,3-6,9H2,1-2H3. The van der Waals surface area contributed by atoms with Crippen LogP contribution in [0.2, 0.25) is 0 Å². The molecule has 0 bridgehead atoms. The van der Waals surface area contributed by atoms with Crippen molar-refractivity contribution in [2.24, 2.45) is 0 Å². The van der Waals surface area contributed by atoms with Crippen molar-refractivity contribution in [2.75, 3.05) is 19.4 Å². The van der Waals surface area contributed by atoms with E-state index in [1.165, 1.54) is 12.1 Å². The number of sulfone groups is 1. The molecule has 1 aromatic rings. The molecular formula is C15H20BrNO6S2. The number of sulfonamides is 1. The van der Waals surface area contributed by atoms with E-state index < -0.39 is 31.9 Å². The van der Waals surface area contributed by atoms with E-state index in [1.54, 1.807) is 6.92 Å². The first kappa shape index (κ1) is 20.3. The Balaban J connectivity index is 2.51. The summed E-state index contributed by atoms with van der Waals surface area (Å²) >= 11 is 3.17. The summed E-state index contributed by atoms with van der Waals surface area (Å²) < 4.78 is 56.1. The minimum Gasteiger partial charge on any atom is -0.465 e. The molecule has 0 aliphatic carbocycles. The van der Waals surface area contributed by atoms with E-state index in [0.29, 0.717) is 12.8 Å². The molecule has 1 heterocycles. The fourth-order valence-corrected chi connectivity index (χ4v) is 6.03. The Morgan fingerprint density at radius 2 is 1.96 bits per heavy atom. The summed E-state index contributed by atoms with van der Waals surface area (Å²) in [5.74, 6) is -0.582. The third-order valence-corrected chi connectivity index (χ3v) is 7.94. The Hall–Kier alpha value is -0.970. The van der Waals surface area contributed by atoms with Crippen LogP contribution in [0.3, 0.4) is 0 Å². The molecule has 1 aromatic carbocycles. The Morgan fingerprint density at radius 3 is 2.56 bits per heavy atom. The number of hydrogen-bond acceptors (Lipinski definition) is 6. The van der Waals surface area contributed by atoms with Gasteiger partial charge in [0, 0.05) is 17.3 Å². The van der Waals surface area contributed by atoms with Crippen molar-refractivity contribution in [2.45, 2.75) is 42.0 Å². The van der Waals surface area contributed by atoms with Gasteiger partial charge in [-0.3, -0.25) is 4.79 Å². The number of ether oxygens (including phenoxy) is 1. The number of nitrogens with zero attached hydrogens (tertiary/aromatic N) is 1. The first-order valence-corrected chi connectivity index (χ1v) is 11.9. The Kier molecular flexibility index (Phi) is 6.29. The fraction of sp³-hybridized carbons (Fsp3) is 0.533. The van der Waals surface area contributed by atoms with Crippen molar-refractivity contribution in [3.05, 3.63) is 22.7 Å². The highest BCUT2D eigenvalue weighted by Gasteiger charge is 2.39. The van der Waals surface area contributed by atoms with Crippen molar-refractivity contribution in [3.8, 4) is 0 Å². The quantitative estimate of drug-likeness (QED) is 0.631. The number of hydrogen-bond donors (Lipinski definition) is 0. The van der Waals surface area contributed by atoms with Gasteiger partial charge in [-0.1, -0.05) is 0 Å². The first-order chi connectivity index (χ1) is 11.6. The lowest BCUT2D eigenvalue weighted by Gasteiger charge is -2.33. The Labute approximate surface area is 156 Å². The SMILES string of the molecule is CCOC(=O)C1CCCCN1S(=O)(=O)c1cc(S(C)(=O)=O)ccc1Br. The van der Waals surface area contributed by atoms with Gasteiger partial charge in [0.2, 0.25) is 10.0 Å². The van der Waals surface area contributed by atoms with Gasteiger partial charge in [-0.15, -0.1) is 0 Å². The number of carbonyl (C=O) groups is 1. The highest BCUT2D eigenvalue weighted by molar-refractivity contribution is 9.10. The minimum absolute atomic E-state index is 0.0982. The molecule has 1 aliphatic rings. The smallest absolute Gasteiger partial charge is 0.324 e. The molecule has 140 valence electrons. The Bertz CT molecular complexity index is 866. The summed E-state index contributed by atoms with van der Waals surface area (Å²) in [5.41, 5.74) is 0. The van der Waals surface area contributed by atoms with Gasteiger partial charge >= 0.3 is 5.97 Å². The molecule has 0 N–H and O–H groups in total. The van der Waals surface area contributed by atoms with E-state index in [9.17, 15) is 21.6 Å². The van der Waals surface area contributed by atoms with Gasteiger partial charge in [-0.25, -0.2) is 16.8 Å². The maximum absolute atomic E-state index is 13.1. The normalized spacial score (nSPS) is 19.6. The van der Waals surface area contributed by atoms with Crippen molar-refractivity contribution in [1.82, 2.24) is 4.31 Å². The zero-order valence-electron chi connectivity index (χ0n) is 13.9. The molecule has 10 heteroatoms. The van der Waals surface area contributed by atoms with Gasteiger partial charge in [-0.05, 0) is 60.3 Å². The lowest BCUT2D eigenvalue weighted by atomic mass is 10.1. The Morgan fingerprint density at radius 1 is 1.28 bits per heavy atom. The molecule has 7 nitrogen and oxygen atoms in total. The number of esters is 1. The van der Waals surface area contributed by atoms with Crippen molar-refractivity contribution < 1.29 is 26.4 Å². The van der Waals surface area contributed by atoms with Crippen LogP contribution in [0.5, 0.6) is 0 Å². The molecule has 2 rings (SSSR count). The molecule has 0 amide bonds. The minimum atomic E-state index is -4.07. The average Bonchev–Trinajstić information content (AvgIpc) is 2.54. The second-order valence-electron chi connectivity index (χ2n) is 5.74. The second kappa shape index (κ2) is 7.73. The van der Waals surface area contributed by atoms with Crippen LogP contribution in [-0.4, -0.2) is 52.6 Å². The molecule has 1 fully saturated rings. The highest BCUT2D eigenvalue weighted by Crippen LogP contribution is 2.32. The van der Waals surface area contributed by atoms with Gasteiger partial charge in [0.15, 0.2) is 9.84 Å². The van der Waals surface area contributed by atoms with Gasteiger partial charge in [-0.2, -0.15) is 4.31 Å². The molecule has 1 atom stereocenters. The fourth-order valence-electron chi connectivity index (χ4n) is 2.71. The maximum Gasteiger partial charge on any atom is 0.324 e.